The second-order valence-corrected chi connectivity index (χ2v) is 5.15. The molecule has 0 amide bonds. The maximum absolute atomic E-state index is 12.3. The van der Waals surface area contributed by atoms with Crippen molar-refractivity contribution in [1.29, 1.82) is 0 Å². The minimum atomic E-state index is 0.182. The lowest BCUT2D eigenvalue weighted by Gasteiger charge is -2.16. The zero-order valence-electron chi connectivity index (χ0n) is 10.9. The number of hydrogen-bond donors (Lipinski definition) is 0. The molecule has 2 nitrogen and oxygen atoms in total. The molecule has 1 aromatic heterocycles. The molecule has 0 saturated carbocycles. The average Bonchev–Trinajstić information content (AvgIpc) is 2.48. The van der Waals surface area contributed by atoms with Crippen LogP contribution < -0.4 is 0 Å². The van der Waals surface area contributed by atoms with Crippen molar-refractivity contribution >= 4 is 5.78 Å². The van der Waals surface area contributed by atoms with E-state index in [-0.39, 0.29) is 5.78 Å². The van der Waals surface area contributed by atoms with Gasteiger partial charge in [0, 0.05) is 24.4 Å². The standard InChI is InChI=1S/C17H17NO/c19-17(10-13-4-3-9-18-12-13)16-8-7-14-5-1-2-6-15(14)11-16/h3-4,7-9,11-12H,1-2,5-6,10H2. The number of rotatable bonds is 3. The Morgan fingerprint density at radius 3 is 2.74 bits per heavy atom. The fraction of sp³-hybridized carbons (Fsp3) is 0.294. The summed E-state index contributed by atoms with van der Waals surface area (Å²) in [4.78, 5) is 16.3. The Balaban J connectivity index is 1.80. The Labute approximate surface area is 113 Å². The van der Waals surface area contributed by atoms with Crippen LogP contribution in [-0.2, 0) is 19.3 Å². The highest BCUT2D eigenvalue weighted by atomic mass is 16.1. The Hall–Kier alpha value is -1.96. The molecule has 0 radical (unpaired) electrons. The summed E-state index contributed by atoms with van der Waals surface area (Å²) in [6, 6.07) is 10.0. The van der Waals surface area contributed by atoms with Gasteiger partial charge in [0.15, 0.2) is 5.78 Å². The van der Waals surface area contributed by atoms with E-state index >= 15 is 0 Å². The Morgan fingerprint density at radius 1 is 1.11 bits per heavy atom. The molecule has 0 spiro atoms. The molecule has 3 rings (SSSR count). The Bertz CT molecular complexity index is 589. The minimum Gasteiger partial charge on any atom is -0.294 e. The van der Waals surface area contributed by atoms with Crippen LogP contribution in [0.1, 0.15) is 39.9 Å². The number of nitrogens with zero attached hydrogens (tertiary/aromatic N) is 1. The van der Waals surface area contributed by atoms with E-state index in [1.54, 1.807) is 12.4 Å². The van der Waals surface area contributed by atoms with Crippen LogP contribution in [0.15, 0.2) is 42.7 Å². The van der Waals surface area contributed by atoms with Crippen LogP contribution in [0.4, 0.5) is 0 Å². The third-order valence-corrected chi connectivity index (χ3v) is 3.76. The lowest BCUT2D eigenvalue weighted by molar-refractivity contribution is 0.0992. The summed E-state index contributed by atoms with van der Waals surface area (Å²) in [5.41, 5.74) is 4.60. The van der Waals surface area contributed by atoms with Crippen molar-refractivity contribution < 1.29 is 4.79 Å². The highest BCUT2D eigenvalue weighted by Gasteiger charge is 2.13. The van der Waals surface area contributed by atoms with E-state index in [1.807, 2.05) is 18.2 Å². The SMILES string of the molecule is O=C(Cc1cccnc1)c1ccc2c(c1)CCCC2. The van der Waals surface area contributed by atoms with Gasteiger partial charge in [-0.15, -0.1) is 0 Å². The Kier molecular flexibility index (Phi) is 3.41. The number of aryl methyl sites for hydroxylation is 2. The van der Waals surface area contributed by atoms with Gasteiger partial charge in [-0.25, -0.2) is 0 Å². The molecule has 0 unspecified atom stereocenters. The molecule has 0 aliphatic heterocycles. The van der Waals surface area contributed by atoms with Crippen molar-refractivity contribution in [1.82, 2.24) is 4.98 Å². The molecule has 0 N–H and O–H groups in total. The maximum Gasteiger partial charge on any atom is 0.167 e. The van der Waals surface area contributed by atoms with Gasteiger partial charge in [-0.3, -0.25) is 9.78 Å². The monoisotopic (exact) mass is 251 g/mol. The number of fused-ring (bicyclic) bond motifs is 1. The Morgan fingerprint density at radius 2 is 1.95 bits per heavy atom. The van der Waals surface area contributed by atoms with Crippen molar-refractivity contribution in [3.05, 3.63) is 65.0 Å². The number of carbonyl (C=O) groups excluding carboxylic acids is 1. The van der Waals surface area contributed by atoms with Crippen LogP contribution in [0.25, 0.3) is 0 Å². The third-order valence-electron chi connectivity index (χ3n) is 3.76. The summed E-state index contributed by atoms with van der Waals surface area (Å²) < 4.78 is 0. The van der Waals surface area contributed by atoms with E-state index in [4.69, 9.17) is 0 Å². The highest BCUT2D eigenvalue weighted by Crippen LogP contribution is 2.22. The molecule has 1 aliphatic rings. The lowest BCUT2D eigenvalue weighted by Crippen LogP contribution is -2.08. The van der Waals surface area contributed by atoms with E-state index in [0.717, 1.165) is 24.0 Å². The number of aromatic nitrogens is 1. The molecule has 1 aromatic carbocycles. The maximum atomic E-state index is 12.3. The number of carbonyl (C=O) groups is 1. The fourth-order valence-corrected chi connectivity index (χ4v) is 2.70. The third kappa shape index (κ3) is 2.73. The lowest BCUT2D eigenvalue weighted by atomic mass is 9.89. The van der Waals surface area contributed by atoms with E-state index in [2.05, 4.69) is 17.1 Å². The van der Waals surface area contributed by atoms with Gasteiger partial charge < -0.3 is 0 Å². The van der Waals surface area contributed by atoms with E-state index in [1.165, 1.54) is 24.0 Å². The van der Waals surface area contributed by atoms with Gasteiger partial charge in [0.1, 0.15) is 0 Å². The molecule has 19 heavy (non-hydrogen) atoms. The molecule has 2 aromatic rings. The average molecular weight is 251 g/mol. The summed E-state index contributed by atoms with van der Waals surface area (Å²) in [6.45, 7) is 0. The molecule has 0 atom stereocenters. The fourth-order valence-electron chi connectivity index (χ4n) is 2.70. The molecule has 1 aliphatic carbocycles. The molecular formula is C17H17NO. The second kappa shape index (κ2) is 5.35. The topological polar surface area (TPSA) is 30.0 Å². The number of benzene rings is 1. The van der Waals surface area contributed by atoms with E-state index in [9.17, 15) is 4.79 Å². The molecule has 0 fully saturated rings. The second-order valence-electron chi connectivity index (χ2n) is 5.15. The van der Waals surface area contributed by atoms with E-state index in [0.29, 0.717) is 6.42 Å². The molecular weight excluding hydrogens is 234 g/mol. The van der Waals surface area contributed by atoms with Crippen molar-refractivity contribution in [2.75, 3.05) is 0 Å². The van der Waals surface area contributed by atoms with Gasteiger partial charge in [0.25, 0.3) is 0 Å². The zero-order chi connectivity index (χ0) is 13.1. The smallest absolute Gasteiger partial charge is 0.167 e. The van der Waals surface area contributed by atoms with Crippen molar-refractivity contribution in [2.24, 2.45) is 0 Å². The predicted octanol–water partition coefficient (Wildman–Crippen LogP) is 3.39. The first-order valence-electron chi connectivity index (χ1n) is 6.87. The minimum absolute atomic E-state index is 0.182. The first-order valence-corrected chi connectivity index (χ1v) is 6.87. The van der Waals surface area contributed by atoms with Crippen LogP contribution in [0.2, 0.25) is 0 Å². The predicted molar refractivity (Wildman–Crippen MR) is 75.4 cm³/mol. The molecule has 96 valence electrons. The van der Waals surface area contributed by atoms with Crippen LogP contribution in [0, 0.1) is 0 Å². The van der Waals surface area contributed by atoms with Crippen molar-refractivity contribution in [3.8, 4) is 0 Å². The van der Waals surface area contributed by atoms with Crippen LogP contribution in [0.3, 0.4) is 0 Å². The summed E-state index contributed by atoms with van der Waals surface area (Å²) in [6.07, 6.45) is 8.72. The van der Waals surface area contributed by atoms with Gasteiger partial charge in [-0.2, -0.15) is 0 Å². The number of pyridine rings is 1. The van der Waals surface area contributed by atoms with Gasteiger partial charge in [0.2, 0.25) is 0 Å². The summed E-state index contributed by atoms with van der Waals surface area (Å²) in [5, 5.41) is 0. The summed E-state index contributed by atoms with van der Waals surface area (Å²) in [7, 11) is 0. The van der Waals surface area contributed by atoms with Gasteiger partial charge >= 0.3 is 0 Å². The quantitative estimate of drug-likeness (QED) is 0.783. The number of ketones is 1. The largest absolute Gasteiger partial charge is 0.294 e. The van der Waals surface area contributed by atoms with Crippen molar-refractivity contribution in [2.45, 2.75) is 32.1 Å². The highest BCUT2D eigenvalue weighted by molar-refractivity contribution is 5.97. The molecule has 2 heteroatoms. The molecule has 0 bridgehead atoms. The van der Waals surface area contributed by atoms with Gasteiger partial charge in [-0.1, -0.05) is 18.2 Å². The van der Waals surface area contributed by atoms with Crippen LogP contribution in [0.5, 0.6) is 0 Å². The molecule has 1 heterocycles. The number of hydrogen-bond acceptors (Lipinski definition) is 2. The molecule has 0 saturated heterocycles. The first kappa shape index (κ1) is 12.1. The normalized spacial score (nSPS) is 13.9. The van der Waals surface area contributed by atoms with Gasteiger partial charge in [-0.05, 0) is 54.5 Å². The first-order chi connectivity index (χ1) is 9.33. The van der Waals surface area contributed by atoms with Crippen molar-refractivity contribution in [3.63, 3.8) is 0 Å². The summed E-state index contributed by atoms with van der Waals surface area (Å²) >= 11 is 0. The summed E-state index contributed by atoms with van der Waals surface area (Å²) in [5.74, 6) is 0.182. The number of Topliss-reactive ketones (excluding diaryl/α,β-unsaturated/α-hetero) is 1. The van der Waals surface area contributed by atoms with Crippen LogP contribution >= 0.6 is 0 Å². The van der Waals surface area contributed by atoms with E-state index < -0.39 is 0 Å². The van der Waals surface area contributed by atoms with Crippen LogP contribution in [-0.4, -0.2) is 10.8 Å². The van der Waals surface area contributed by atoms with Gasteiger partial charge in [0.05, 0.1) is 0 Å². The zero-order valence-corrected chi connectivity index (χ0v) is 10.9.